The summed E-state index contributed by atoms with van der Waals surface area (Å²) in [6.45, 7) is 2.70. The number of carbonyl (C=O) groups excluding carboxylic acids is 1. The van der Waals surface area contributed by atoms with Gasteiger partial charge in [-0.3, -0.25) is 4.79 Å². The molecule has 3 N–H and O–H groups in total. The van der Waals surface area contributed by atoms with Gasteiger partial charge < -0.3 is 15.8 Å². The summed E-state index contributed by atoms with van der Waals surface area (Å²) in [5.41, 5.74) is 5.87. The van der Waals surface area contributed by atoms with Crippen LogP contribution in [0.2, 0.25) is 0 Å². The first-order valence-electron chi connectivity index (χ1n) is 6.18. The maximum atomic E-state index is 11.9. The van der Waals surface area contributed by atoms with Crippen molar-refractivity contribution in [2.75, 3.05) is 13.7 Å². The highest BCUT2D eigenvalue weighted by Crippen LogP contribution is 2.23. The van der Waals surface area contributed by atoms with Crippen molar-refractivity contribution in [1.29, 1.82) is 0 Å². The van der Waals surface area contributed by atoms with E-state index >= 15 is 0 Å². The van der Waals surface area contributed by atoms with Crippen LogP contribution >= 0.6 is 12.4 Å². The molecule has 3 atom stereocenters. The van der Waals surface area contributed by atoms with E-state index in [-0.39, 0.29) is 36.3 Å². The lowest BCUT2D eigenvalue weighted by Crippen LogP contribution is -2.41. The minimum atomic E-state index is 0. The van der Waals surface area contributed by atoms with Gasteiger partial charge in [0.25, 0.3) is 0 Å². The van der Waals surface area contributed by atoms with Crippen molar-refractivity contribution in [3.8, 4) is 0 Å². The largest absolute Gasteiger partial charge is 0.385 e. The van der Waals surface area contributed by atoms with E-state index in [0.717, 1.165) is 32.1 Å². The van der Waals surface area contributed by atoms with Crippen LogP contribution < -0.4 is 11.1 Å². The van der Waals surface area contributed by atoms with Gasteiger partial charge in [-0.15, -0.1) is 12.4 Å². The third kappa shape index (κ3) is 6.24. The Morgan fingerprint density at radius 2 is 2.24 bits per heavy atom. The van der Waals surface area contributed by atoms with E-state index in [1.165, 1.54) is 0 Å². The minimum absolute atomic E-state index is 0. The molecule has 1 rings (SSSR count). The molecule has 0 saturated heterocycles. The molecule has 5 heteroatoms. The van der Waals surface area contributed by atoms with E-state index in [0.29, 0.717) is 6.61 Å². The molecular weight excluding hydrogens is 240 g/mol. The summed E-state index contributed by atoms with van der Waals surface area (Å²) in [6.07, 6.45) is 4.81. The van der Waals surface area contributed by atoms with Gasteiger partial charge in [0, 0.05) is 31.7 Å². The Bertz CT molecular complexity index is 227. The second-order valence-corrected chi connectivity index (χ2v) is 4.81. The molecule has 1 amide bonds. The predicted octanol–water partition coefficient (Wildman–Crippen LogP) is 1.47. The van der Waals surface area contributed by atoms with Crippen molar-refractivity contribution in [2.45, 2.75) is 51.1 Å². The Balaban J connectivity index is 0.00000256. The first kappa shape index (κ1) is 16.7. The van der Waals surface area contributed by atoms with Crippen molar-refractivity contribution in [3.05, 3.63) is 0 Å². The number of halogens is 1. The van der Waals surface area contributed by atoms with Gasteiger partial charge in [0.1, 0.15) is 0 Å². The molecule has 0 aromatic heterocycles. The van der Waals surface area contributed by atoms with Crippen LogP contribution in [-0.2, 0) is 9.53 Å². The van der Waals surface area contributed by atoms with Crippen LogP contribution in [-0.4, -0.2) is 31.7 Å². The minimum Gasteiger partial charge on any atom is -0.385 e. The summed E-state index contributed by atoms with van der Waals surface area (Å²) in [6, 6.07) is 0.393. The highest BCUT2D eigenvalue weighted by molar-refractivity contribution is 5.85. The molecule has 0 aromatic rings. The molecule has 3 unspecified atom stereocenters. The summed E-state index contributed by atoms with van der Waals surface area (Å²) in [7, 11) is 1.68. The smallest absolute Gasteiger partial charge is 0.223 e. The molecule has 0 radical (unpaired) electrons. The number of amides is 1. The lowest BCUT2D eigenvalue weighted by atomic mass is 9.85. The van der Waals surface area contributed by atoms with Gasteiger partial charge in [-0.2, -0.15) is 0 Å². The summed E-state index contributed by atoms with van der Waals surface area (Å²) < 4.78 is 4.99. The first-order chi connectivity index (χ1) is 7.63. The van der Waals surface area contributed by atoms with Crippen LogP contribution in [0.3, 0.4) is 0 Å². The molecule has 1 fully saturated rings. The molecule has 1 aliphatic carbocycles. The lowest BCUT2D eigenvalue weighted by Gasteiger charge is -2.27. The maximum Gasteiger partial charge on any atom is 0.223 e. The van der Waals surface area contributed by atoms with E-state index in [4.69, 9.17) is 10.5 Å². The van der Waals surface area contributed by atoms with Crippen LogP contribution in [0.25, 0.3) is 0 Å². The van der Waals surface area contributed by atoms with Crippen molar-refractivity contribution in [1.82, 2.24) is 5.32 Å². The van der Waals surface area contributed by atoms with E-state index in [1.54, 1.807) is 7.11 Å². The molecule has 0 heterocycles. The average Bonchev–Trinajstić information content (AvgIpc) is 2.26. The van der Waals surface area contributed by atoms with E-state index in [1.807, 2.05) is 6.92 Å². The summed E-state index contributed by atoms with van der Waals surface area (Å²) in [5.74, 6) is 0.285. The van der Waals surface area contributed by atoms with Gasteiger partial charge in [-0.05, 0) is 32.6 Å². The van der Waals surface area contributed by atoms with E-state index < -0.39 is 0 Å². The monoisotopic (exact) mass is 264 g/mol. The van der Waals surface area contributed by atoms with Gasteiger partial charge in [-0.1, -0.05) is 6.42 Å². The van der Waals surface area contributed by atoms with Gasteiger partial charge >= 0.3 is 0 Å². The van der Waals surface area contributed by atoms with Crippen LogP contribution in [0.4, 0.5) is 0 Å². The second-order valence-electron chi connectivity index (χ2n) is 4.81. The number of hydrogen-bond acceptors (Lipinski definition) is 3. The van der Waals surface area contributed by atoms with Crippen LogP contribution in [0.1, 0.15) is 39.0 Å². The average molecular weight is 265 g/mol. The summed E-state index contributed by atoms with van der Waals surface area (Å²) in [5, 5.41) is 3.03. The fraction of sp³-hybridized carbons (Fsp3) is 0.917. The summed E-state index contributed by atoms with van der Waals surface area (Å²) in [4.78, 5) is 11.9. The van der Waals surface area contributed by atoms with Crippen molar-refractivity contribution >= 4 is 18.3 Å². The van der Waals surface area contributed by atoms with Crippen LogP contribution in [0.15, 0.2) is 0 Å². The fourth-order valence-electron chi connectivity index (χ4n) is 2.19. The van der Waals surface area contributed by atoms with Crippen LogP contribution in [0.5, 0.6) is 0 Å². The summed E-state index contributed by atoms with van der Waals surface area (Å²) >= 11 is 0. The molecular formula is C12H25ClN2O2. The Kier molecular flexibility index (Phi) is 8.56. The van der Waals surface area contributed by atoms with Gasteiger partial charge in [0.05, 0.1) is 0 Å². The normalized spacial score (nSPS) is 25.8. The SMILES string of the molecule is COCCC(C)NC(=O)C1CCCC(N)C1.Cl. The number of nitrogens with two attached hydrogens (primary N) is 1. The number of nitrogens with one attached hydrogen (secondary N) is 1. The topological polar surface area (TPSA) is 64.3 Å². The first-order valence-corrected chi connectivity index (χ1v) is 6.18. The molecule has 0 bridgehead atoms. The number of hydrogen-bond donors (Lipinski definition) is 2. The standard InChI is InChI=1S/C12H24N2O2.ClH/c1-9(6-7-16-2)14-12(15)10-4-3-5-11(13)8-10;/h9-11H,3-8,13H2,1-2H3,(H,14,15);1H. The molecule has 0 aromatic carbocycles. The highest BCUT2D eigenvalue weighted by Gasteiger charge is 2.25. The van der Waals surface area contributed by atoms with Crippen molar-refractivity contribution in [3.63, 3.8) is 0 Å². The quantitative estimate of drug-likeness (QED) is 0.790. The van der Waals surface area contributed by atoms with Gasteiger partial charge in [0.15, 0.2) is 0 Å². The predicted molar refractivity (Wildman–Crippen MR) is 71.3 cm³/mol. The Labute approximate surface area is 110 Å². The molecule has 17 heavy (non-hydrogen) atoms. The Hall–Kier alpha value is -0.320. The third-order valence-electron chi connectivity index (χ3n) is 3.23. The van der Waals surface area contributed by atoms with Gasteiger partial charge in [-0.25, -0.2) is 0 Å². The van der Waals surface area contributed by atoms with Gasteiger partial charge in [0.2, 0.25) is 5.91 Å². The fourth-order valence-corrected chi connectivity index (χ4v) is 2.19. The number of ether oxygens (including phenoxy) is 1. The third-order valence-corrected chi connectivity index (χ3v) is 3.23. The van der Waals surface area contributed by atoms with Crippen molar-refractivity contribution < 1.29 is 9.53 Å². The number of methoxy groups -OCH3 is 1. The number of rotatable bonds is 5. The zero-order valence-electron chi connectivity index (χ0n) is 10.8. The zero-order valence-corrected chi connectivity index (χ0v) is 11.6. The Morgan fingerprint density at radius 1 is 1.53 bits per heavy atom. The van der Waals surface area contributed by atoms with E-state index in [9.17, 15) is 4.79 Å². The molecule has 0 aliphatic heterocycles. The molecule has 102 valence electrons. The second kappa shape index (κ2) is 8.72. The molecule has 0 spiro atoms. The zero-order chi connectivity index (χ0) is 12.0. The number of carbonyl (C=O) groups is 1. The van der Waals surface area contributed by atoms with E-state index in [2.05, 4.69) is 5.32 Å². The molecule has 4 nitrogen and oxygen atoms in total. The Morgan fingerprint density at radius 3 is 2.82 bits per heavy atom. The lowest BCUT2D eigenvalue weighted by molar-refractivity contribution is -0.126. The van der Waals surface area contributed by atoms with Crippen molar-refractivity contribution in [2.24, 2.45) is 11.7 Å². The highest BCUT2D eigenvalue weighted by atomic mass is 35.5. The maximum absolute atomic E-state index is 11.9. The molecule has 1 aliphatic rings. The molecule has 1 saturated carbocycles. The van der Waals surface area contributed by atoms with Crippen LogP contribution in [0, 0.1) is 5.92 Å².